The zero-order valence-corrected chi connectivity index (χ0v) is 8.62. The van der Waals surface area contributed by atoms with Crippen molar-refractivity contribution in [3.05, 3.63) is 30.3 Å². The molecule has 4 N–H and O–H groups in total. The van der Waals surface area contributed by atoms with Crippen LogP contribution in [-0.4, -0.2) is 21.1 Å². The number of carbonyl (C=O) groups excluding carboxylic acids is 1. The fourth-order valence-corrected chi connectivity index (χ4v) is 1.86. The van der Waals surface area contributed by atoms with Crippen LogP contribution in [-0.2, 0) is 10.0 Å². The third-order valence-electron chi connectivity index (χ3n) is 1.54. The number of carbonyl (C=O) groups is 1. The van der Waals surface area contributed by atoms with E-state index in [9.17, 15) is 13.2 Å². The van der Waals surface area contributed by atoms with Gasteiger partial charge in [0.1, 0.15) is 0 Å². The summed E-state index contributed by atoms with van der Waals surface area (Å²) < 4.78 is 24.8. The monoisotopic (exact) mass is 229 g/mol. The van der Waals surface area contributed by atoms with E-state index in [0.29, 0.717) is 0 Å². The molecule has 0 bridgehead atoms. The molecule has 7 heteroatoms. The summed E-state index contributed by atoms with van der Waals surface area (Å²) in [5, 5.41) is 2.12. The molecule has 1 aromatic rings. The van der Waals surface area contributed by atoms with E-state index in [1.54, 1.807) is 18.2 Å². The van der Waals surface area contributed by atoms with Gasteiger partial charge in [-0.25, -0.2) is 17.9 Å². The summed E-state index contributed by atoms with van der Waals surface area (Å²) >= 11 is 0. The second kappa shape index (κ2) is 4.76. The van der Waals surface area contributed by atoms with E-state index in [4.69, 9.17) is 5.73 Å². The van der Waals surface area contributed by atoms with Crippen molar-refractivity contribution < 1.29 is 13.2 Å². The quantitative estimate of drug-likeness (QED) is 0.613. The number of rotatable bonds is 3. The van der Waals surface area contributed by atoms with E-state index in [2.05, 4.69) is 5.32 Å². The van der Waals surface area contributed by atoms with Crippen LogP contribution in [0.3, 0.4) is 0 Å². The summed E-state index contributed by atoms with van der Waals surface area (Å²) in [7, 11) is -3.80. The predicted octanol–water partition coefficient (Wildman–Crippen LogP) is -0.409. The molecule has 0 aliphatic heterocycles. The van der Waals surface area contributed by atoms with Crippen molar-refractivity contribution in [3.63, 3.8) is 0 Å². The average Bonchev–Trinajstić information content (AvgIpc) is 2.18. The number of nitrogens with two attached hydrogens (primary N) is 1. The summed E-state index contributed by atoms with van der Waals surface area (Å²) in [5.41, 5.74) is 5.02. The van der Waals surface area contributed by atoms with E-state index in [-0.39, 0.29) is 11.6 Å². The van der Waals surface area contributed by atoms with Crippen molar-refractivity contribution in [1.29, 1.82) is 0 Å². The standard InChI is InChI=1S/C8H11N3O3S/c9-6-10-8(12)11-15(13,14)7-4-2-1-3-5-7/h1-5H,6,9H2,(H2,10,11,12). The van der Waals surface area contributed by atoms with E-state index in [1.807, 2.05) is 4.72 Å². The molecular weight excluding hydrogens is 218 g/mol. The molecule has 0 saturated heterocycles. The maximum Gasteiger partial charge on any atom is 0.329 e. The van der Waals surface area contributed by atoms with Crippen molar-refractivity contribution in [1.82, 2.24) is 10.0 Å². The van der Waals surface area contributed by atoms with Gasteiger partial charge < -0.3 is 11.1 Å². The molecule has 0 aliphatic carbocycles. The fourth-order valence-electron chi connectivity index (χ4n) is 0.909. The lowest BCUT2D eigenvalue weighted by atomic mass is 10.4. The Morgan fingerprint density at radius 1 is 1.27 bits per heavy atom. The first-order chi connectivity index (χ1) is 7.06. The van der Waals surface area contributed by atoms with Crippen LogP contribution in [0.25, 0.3) is 0 Å². The lowest BCUT2D eigenvalue weighted by Crippen LogP contribution is -2.41. The van der Waals surface area contributed by atoms with E-state index < -0.39 is 16.1 Å². The molecule has 0 radical (unpaired) electrons. The second-order valence-corrected chi connectivity index (χ2v) is 4.31. The van der Waals surface area contributed by atoms with Gasteiger partial charge in [-0.05, 0) is 12.1 Å². The molecule has 0 aromatic heterocycles. The zero-order chi connectivity index (χ0) is 11.3. The third kappa shape index (κ3) is 3.22. The molecule has 0 spiro atoms. The Labute approximate surface area is 87.5 Å². The highest BCUT2D eigenvalue weighted by atomic mass is 32.2. The summed E-state index contributed by atoms with van der Waals surface area (Å²) in [6, 6.07) is 6.74. The molecule has 6 nitrogen and oxygen atoms in total. The van der Waals surface area contributed by atoms with Gasteiger partial charge in [0.25, 0.3) is 10.0 Å². The molecule has 0 unspecified atom stereocenters. The Bertz CT molecular complexity index is 430. The van der Waals surface area contributed by atoms with E-state index in [0.717, 1.165) is 0 Å². The van der Waals surface area contributed by atoms with Gasteiger partial charge in [-0.1, -0.05) is 18.2 Å². The average molecular weight is 229 g/mol. The number of hydrogen-bond acceptors (Lipinski definition) is 4. The smallest absolute Gasteiger partial charge is 0.325 e. The number of hydrogen-bond donors (Lipinski definition) is 3. The van der Waals surface area contributed by atoms with Crippen LogP contribution in [0.2, 0.25) is 0 Å². The third-order valence-corrected chi connectivity index (χ3v) is 2.89. The summed E-state index contributed by atoms with van der Waals surface area (Å²) in [6.45, 7) is -0.129. The molecule has 0 heterocycles. The molecule has 82 valence electrons. The molecule has 1 rings (SSSR count). The number of nitrogens with one attached hydrogen (secondary N) is 2. The van der Waals surface area contributed by atoms with Crippen molar-refractivity contribution in [3.8, 4) is 0 Å². The lowest BCUT2D eigenvalue weighted by molar-refractivity contribution is 0.246. The van der Waals surface area contributed by atoms with Gasteiger partial charge in [-0.15, -0.1) is 0 Å². The van der Waals surface area contributed by atoms with Crippen molar-refractivity contribution in [2.75, 3.05) is 6.67 Å². The SMILES string of the molecule is NCNC(=O)NS(=O)(=O)c1ccccc1. The Morgan fingerprint density at radius 3 is 2.40 bits per heavy atom. The second-order valence-electron chi connectivity index (χ2n) is 2.63. The summed E-state index contributed by atoms with van der Waals surface area (Å²) in [5.74, 6) is 0. The van der Waals surface area contributed by atoms with Crippen LogP contribution in [0.4, 0.5) is 4.79 Å². The first-order valence-electron chi connectivity index (χ1n) is 4.12. The first kappa shape index (κ1) is 11.5. The van der Waals surface area contributed by atoms with Gasteiger partial charge in [-0.3, -0.25) is 0 Å². The predicted molar refractivity (Wildman–Crippen MR) is 54.3 cm³/mol. The largest absolute Gasteiger partial charge is 0.329 e. The Morgan fingerprint density at radius 2 is 1.87 bits per heavy atom. The molecule has 0 atom stereocenters. The van der Waals surface area contributed by atoms with E-state index in [1.165, 1.54) is 12.1 Å². The molecule has 0 fully saturated rings. The Balaban J connectivity index is 2.81. The molecule has 15 heavy (non-hydrogen) atoms. The zero-order valence-electron chi connectivity index (χ0n) is 7.80. The van der Waals surface area contributed by atoms with Crippen molar-refractivity contribution >= 4 is 16.1 Å². The number of sulfonamides is 1. The molecule has 0 aliphatic rings. The van der Waals surface area contributed by atoms with Gasteiger partial charge in [0.05, 0.1) is 11.6 Å². The highest BCUT2D eigenvalue weighted by Crippen LogP contribution is 2.06. The van der Waals surface area contributed by atoms with Crippen LogP contribution >= 0.6 is 0 Å². The minimum atomic E-state index is -3.80. The van der Waals surface area contributed by atoms with Crippen molar-refractivity contribution in [2.45, 2.75) is 4.90 Å². The maximum atomic E-state index is 11.5. The van der Waals surface area contributed by atoms with Gasteiger partial charge in [0, 0.05) is 0 Å². The van der Waals surface area contributed by atoms with Crippen LogP contribution in [0.1, 0.15) is 0 Å². The normalized spacial score (nSPS) is 10.7. The Hall–Kier alpha value is -1.60. The van der Waals surface area contributed by atoms with Crippen molar-refractivity contribution in [2.24, 2.45) is 5.73 Å². The molecule has 1 aromatic carbocycles. The fraction of sp³-hybridized carbons (Fsp3) is 0.125. The maximum absolute atomic E-state index is 11.5. The number of benzene rings is 1. The van der Waals surface area contributed by atoms with Crippen LogP contribution in [0.15, 0.2) is 35.2 Å². The minimum Gasteiger partial charge on any atom is -0.325 e. The minimum absolute atomic E-state index is 0.0252. The number of amides is 2. The highest BCUT2D eigenvalue weighted by Gasteiger charge is 2.15. The lowest BCUT2D eigenvalue weighted by Gasteiger charge is -2.06. The highest BCUT2D eigenvalue weighted by molar-refractivity contribution is 7.90. The summed E-state index contributed by atoms with van der Waals surface area (Å²) in [4.78, 5) is 11.0. The van der Waals surface area contributed by atoms with Crippen LogP contribution in [0.5, 0.6) is 0 Å². The first-order valence-corrected chi connectivity index (χ1v) is 5.60. The van der Waals surface area contributed by atoms with Gasteiger partial charge in [0.2, 0.25) is 0 Å². The van der Waals surface area contributed by atoms with Gasteiger partial charge >= 0.3 is 6.03 Å². The van der Waals surface area contributed by atoms with Crippen LogP contribution < -0.4 is 15.8 Å². The Kier molecular flexibility index (Phi) is 3.64. The molecule has 2 amide bonds. The topological polar surface area (TPSA) is 101 Å². The number of urea groups is 1. The van der Waals surface area contributed by atoms with E-state index >= 15 is 0 Å². The molecule has 0 saturated carbocycles. The summed E-state index contributed by atoms with van der Waals surface area (Å²) in [6.07, 6.45) is 0. The van der Waals surface area contributed by atoms with Gasteiger partial charge in [-0.2, -0.15) is 0 Å². The van der Waals surface area contributed by atoms with Gasteiger partial charge in [0.15, 0.2) is 0 Å². The van der Waals surface area contributed by atoms with Crippen LogP contribution in [0, 0.1) is 0 Å². The molecular formula is C8H11N3O3S.